The van der Waals surface area contributed by atoms with Gasteiger partial charge in [-0.15, -0.1) is 0 Å². The molecule has 0 aliphatic heterocycles. The molecule has 4 saturated carbocycles. The highest BCUT2D eigenvalue weighted by molar-refractivity contribution is 5.90. The van der Waals surface area contributed by atoms with Crippen molar-refractivity contribution in [3.05, 3.63) is 17.8 Å². The van der Waals surface area contributed by atoms with E-state index in [1.807, 2.05) is 6.92 Å². The van der Waals surface area contributed by atoms with Crippen molar-refractivity contribution in [2.75, 3.05) is 0 Å². The molecule has 1 aromatic heterocycles. The van der Waals surface area contributed by atoms with Crippen LogP contribution in [0.3, 0.4) is 0 Å². The minimum atomic E-state index is -0.110. The Morgan fingerprint density at radius 2 is 2.09 bits per heavy atom. The standard InChI is InChI=1S/C19H28N2O2/c1-3-4-5-16-15-7-13-6-14(8-15)10-19(16,9-13)21-17(22)18-20-12(2)11-23-18/h11,13-16H,3-10H2,1-2H3,(H,21,22). The molecule has 4 aliphatic rings. The molecule has 126 valence electrons. The summed E-state index contributed by atoms with van der Waals surface area (Å²) < 4.78 is 5.33. The Balaban J connectivity index is 1.58. The first-order valence-electron chi connectivity index (χ1n) is 9.34. The van der Waals surface area contributed by atoms with E-state index < -0.39 is 0 Å². The Morgan fingerprint density at radius 3 is 2.70 bits per heavy atom. The van der Waals surface area contributed by atoms with Gasteiger partial charge in [-0.25, -0.2) is 4.98 Å². The maximum atomic E-state index is 12.7. The zero-order valence-corrected chi connectivity index (χ0v) is 14.3. The number of carbonyl (C=O) groups excluding carboxylic acids is 1. The van der Waals surface area contributed by atoms with E-state index in [9.17, 15) is 4.79 Å². The molecule has 0 radical (unpaired) electrons. The number of aryl methyl sites for hydroxylation is 1. The zero-order valence-electron chi connectivity index (χ0n) is 14.3. The van der Waals surface area contributed by atoms with Crippen LogP contribution in [0, 0.1) is 30.6 Å². The van der Waals surface area contributed by atoms with Gasteiger partial charge >= 0.3 is 5.91 Å². The van der Waals surface area contributed by atoms with E-state index in [-0.39, 0.29) is 17.3 Å². The van der Waals surface area contributed by atoms with Crippen LogP contribution < -0.4 is 5.32 Å². The van der Waals surface area contributed by atoms with Crippen LogP contribution in [0.1, 0.15) is 74.7 Å². The summed E-state index contributed by atoms with van der Waals surface area (Å²) >= 11 is 0. The predicted octanol–water partition coefficient (Wildman–Crippen LogP) is 4.10. The number of hydrogen-bond donors (Lipinski definition) is 1. The lowest BCUT2D eigenvalue weighted by Crippen LogP contribution is -2.65. The molecular weight excluding hydrogens is 288 g/mol. The minimum Gasteiger partial charge on any atom is -0.441 e. The maximum Gasteiger partial charge on any atom is 0.307 e. The molecule has 5 rings (SSSR count). The molecule has 1 amide bonds. The van der Waals surface area contributed by atoms with Gasteiger partial charge in [-0.3, -0.25) is 4.79 Å². The molecule has 3 unspecified atom stereocenters. The van der Waals surface area contributed by atoms with Gasteiger partial charge in [0.2, 0.25) is 0 Å². The van der Waals surface area contributed by atoms with E-state index in [1.165, 1.54) is 51.4 Å². The fraction of sp³-hybridized carbons (Fsp3) is 0.789. The van der Waals surface area contributed by atoms with Crippen molar-refractivity contribution >= 4 is 5.91 Å². The molecule has 1 aromatic rings. The van der Waals surface area contributed by atoms with Crippen LogP contribution in [0.15, 0.2) is 10.7 Å². The predicted molar refractivity (Wildman–Crippen MR) is 88.0 cm³/mol. The highest BCUT2D eigenvalue weighted by Crippen LogP contribution is 2.59. The summed E-state index contributed by atoms with van der Waals surface area (Å²) in [6, 6.07) is 0. The molecule has 4 aliphatic carbocycles. The van der Waals surface area contributed by atoms with Crippen LogP contribution in [-0.2, 0) is 0 Å². The Bertz CT molecular complexity index is 580. The van der Waals surface area contributed by atoms with Gasteiger partial charge in [-0.05, 0) is 69.1 Å². The van der Waals surface area contributed by atoms with Gasteiger partial charge < -0.3 is 9.73 Å². The lowest BCUT2D eigenvalue weighted by atomic mass is 9.47. The third-order valence-corrected chi connectivity index (χ3v) is 6.57. The second kappa shape index (κ2) is 5.64. The summed E-state index contributed by atoms with van der Waals surface area (Å²) in [5.41, 5.74) is 0.770. The Hall–Kier alpha value is -1.32. The van der Waals surface area contributed by atoms with Crippen molar-refractivity contribution in [2.24, 2.45) is 23.7 Å². The molecule has 4 bridgehead atoms. The van der Waals surface area contributed by atoms with Gasteiger partial charge in [-0.1, -0.05) is 19.8 Å². The summed E-state index contributed by atoms with van der Waals surface area (Å²) in [4.78, 5) is 16.9. The summed E-state index contributed by atoms with van der Waals surface area (Å²) in [6.45, 7) is 4.12. The van der Waals surface area contributed by atoms with Gasteiger partial charge in [0.25, 0.3) is 5.89 Å². The molecule has 23 heavy (non-hydrogen) atoms. The fourth-order valence-corrected chi connectivity index (χ4v) is 6.01. The number of carbonyl (C=O) groups is 1. The molecule has 0 saturated heterocycles. The van der Waals surface area contributed by atoms with Gasteiger partial charge in [0, 0.05) is 5.54 Å². The number of amides is 1. The number of nitrogens with zero attached hydrogens (tertiary/aromatic N) is 1. The highest BCUT2D eigenvalue weighted by atomic mass is 16.4. The lowest BCUT2D eigenvalue weighted by molar-refractivity contribution is -0.0734. The second-order valence-corrected chi connectivity index (χ2v) is 8.26. The number of nitrogens with one attached hydrogen (secondary N) is 1. The van der Waals surface area contributed by atoms with Gasteiger partial charge in [0.05, 0.1) is 5.69 Å². The van der Waals surface area contributed by atoms with Gasteiger partial charge in [0.15, 0.2) is 0 Å². The molecule has 4 nitrogen and oxygen atoms in total. The Kier molecular flexibility index (Phi) is 3.73. The molecule has 1 heterocycles. The fourth-order valence-electron chi connectivity index (χ4n) is 6.01. The number of rotatable bonds is 5. The molecule has 0 aromatic carbocycles. The normalized spacial score (nSPS) is 38.0. The van der Waals surface area contributed by atoms with E-state index in [1.54, 1.807) is 6.26 Å². The number of hydrogen-bond acceptors (Lipinski definition) is 3. The Morgan fingerprint density at radius 1 is 1.35 bits per heavy atom. The zero-order chi connectivity index (χ0) is 16.0. The second-order valence-electron chi connectivity index (χ2n) is 8.26. The van der Waals surface area contributed by atoms with Gasteiger partial charge in [0.1, 0.15) is 6.26 Å². The van der Waals surface area contributed by atoms with Crippen LogP contribution in [0.4, 0.5) is 0 Å². The SMILES string of the molecule is CCCCC1C2CC3CC(C2)CC1(NC(=O)c1nc(C)co1)C3. The van der Waals surface area contributed by atoms with Crippen molar-refractivity contribution in [3.8, 4) is 0 Å². The largest absolute Gasteiger partial charge is 0.441 e. The highest BCUT2D eigenvalue weighted by Gasteiger charge is 2.57. The summed E-state index contributed by atoms with van der Waals surface area (Å²) in [6.07, 6.45) is 11.8. The van der Waals surface area contributed by atoms with E-state index in [2.05, 4.69) is 17.2 Å². The van der Waals surface area contributed by atoms with E-state index in [0.29, 0.717) is 5.92 Å². The van der Waals surface area contributed by atoms with Crippen LogP contribution in [-0.4, -0.2) is 16.4 Å². The van der Waals surface area contributed by atoms with Crippen LogP contribution in [0.2, 0.25) is 0 Å². The van der Waals surface area contributed by atoms with E-state index in [0.717, 1.165) is 23.4 Å². The molecule has 4 fully saturated rings. The van der Waals surface area contributed by atoms with E-state index >= 15 is 0 Å². The number of oxazole rings is 1. The van der Waals surface area contributed by atoms with Crippen molar-refractivity contribution in [3.63, 3.8) is 0 Å². The first kappa shape index (κ1) is 15.2. The van der Waals surface area contributed by atoms with Crippen molar-refractivity contribution in [1.82, 2.24) is 10.3 Å². The summed E-state index contributed by atoms with van der Waals surface area (Å²) in [7, 11) is 0. The third kappa shape index (κ3) is 2.60. The minimum absolute atomic E-state index is 0.00335. The van der Waals surface area contributed by atoms with Crippen LogP contribution >= 0.6 is 0 Å². The first-order chi connectivity index (χ1) is 11.1. The molecule has 3 atom stereocenters. The smallest absolute Gasteiger partial charge is 0.307 e. The van der Waals surface area contributed by atoms with Gasteiger partial charge in [-0.2, -0.15) is 0 Å². The van der Waals surface area contributed by atoms with Crippen molar-refractivity contribution < 1.29 is 9.21 Å². The summed E-state index contributed by atoms with van der Waals surface area (Å²) in [5, 5.41) is 3.42. The topological polar surface area (TPSA) is 55.1 Å². The monoisotopic (exact) mass is 316 g/mol. The lowest BCUT2D eigenvalue weighted by Gasteiger charge is -2.61. The number of aromatic nitrogens is 1. The molecule has 4 heteroatoms. The van der Waals surface area contributed by atoms with E-state index in [4.69, 9.17) is 4.42 Å². The molecule has 0 spiro atoms. The third-order valence-electron chi connectivity index (χ3n) is 6.57. The van der Waals surface area contributed by atoms with Crippen molar-refractivity contribution in [1.29, 1.82) is 0 Å². The van der Waals surface area contributed by atoms with Crippen LogP contribution in [0.5, 0.6) is 0 Å². The average molecular weight is 316 g/mol. The van der Waals surface area contributed by atoms with Crippen LogP contribution in [0.25, 0.3) is 0 Å². The molecular formula is C19H28N2O2. The maximum absolute atomic E-state index is 12.7. The molecule has 1 N–H and O–H groups in total. The van der Waals surface area contributed by atoms with Crippen molar-refractivity contribution in [2.45, 2.75) is 70.8 Å². The quantitative estimate of drug-likeness (QED) is 0.890. The first-order valence-corrected chi connectivity index (χ1v) is 9.34. The Labute approximate surface area is 138 Å². The number of unbranched alkanes of at least 4 members (excludes halogenated alkanes) is 1. The average Bonchev–Trinajstić information content (AvgIpc) is 2.92. The summed E-state index contributed by atoms with van der Waals surface area (Å²) in [5.74, 6) is 3.22.